The van der Waals surface area contributed by atoms with E-state index < -0.39 is 0 Å². The maximum absolute atomic E-state index is 5.90. The van der Waals surface area contributed by atoms with E-state index in [0.29, 0.717) is 5.76 Å². The van der Waals surface area contributed by atoms with Crippen LogP contribution in [0.25, 0.3) is 0 Å². The predicted octanol–water partition coefficient (Wildman–Crippen LogP) is 7.44. The molecule has 0 unspecified atom stereocenters. The van der Waals surface area contributed by atoms with Crippen molar-refractivity contribution in [2.24, 2.45) is 0 Å². The van der Waals surface area contributed by atoms with Crippen molar-refractivity contribution in [1.29, 1.82) is 0 Å². The average molecular weight is 383 g/mol. The van der Waals surface area contributed by atoms with Crippen molar-refractivity contribution >= 4 is 0 Å². The second kappa shape index (κ2) is 9.11. The number of ether oxygens (including phenoxy) is 2. The van der Waals surface area contributed by atoms with Crippen LogP contribution in [0.1, 0.15) is 25.0 Å². The second-order valence-electron chi connectivity index (χ2n) is 7.20. The van der Waals surface area contributed by atoms with Crippen LogP contribution in [-0.2, 0) is 5.41 Å². The van der Waals surface area contributed by atoms with Gasteiger partial charge in [-0.3, -0.25) is 0 Å². The average Bonchev–Trinajstić information content (AvgIpc) is 2.75. The molecule has 0 aliphatic rings. The highest BCUT2D eigenvalue weighted by molar-refractivity contribution is 5.43. The summed E-state index contributed by atoms with van der Waals surface area (Å²) in [6, 6.07) is 26.2. The molecule has 0 aliphatic heterocycles. The van der Waals surface area contributed by atoms with Gasteiger partial charge in [-0.2, -0.15) is 0 Å². The number of benzene rings is 3. The quantitative estimate of drug-likeness (QED) is 0.298. The van der Waals surface area contributed by atoms with Crippen LogP contribution in [0, 0.1) is 0 Å². The molecule has 146 valence electrons. The third-order valence-corrected chi connectivity index (χ3v) is 4.85. The summed E-state index contributed by atoms with van der Waals surface area (Å²) >= 11 is 0. The minimum atomic E-state index is -0.151. The molecular formula is C27H26O2. The van der Waals surface area contributed by atoms with Crippen LogP contribution >= 0.6 is 0 Å². The molecule has 2 heteroatoms. The molecule has 0 radical (unpaired) electrons. The summed E-state index contributed by atoms with van der Waals surface area (Å²) in [6.45, 7) is 11.9. The topological polar surface area (TPSA) is 18.5 Å². The number of hydrogen-bond donors (Lipinski definition) is 0. The number of rotatable bonds is 8. The Labute approximate surface area is 173 Å². The molecule has 0 amide bonds. The highest BCUT2D eigenvalue weighted by Crippen LogP contribution is 2.34. The molecular weight excluding hydrogens is 356 g/mol. The van der Waals surface area contributed by atoms with Crippen molar-refractivity contribution < 1.29 is 9.47 Å². The lowest BCUT2D eigenvalue weighted by atomic mass is 9.78. The fourth-order valence-corrected chi connectivity index (χ4v) is 3.07. The lowest BCUT2D eigenvalue weighted by Crippen LogP contribution is -2.18. The highest BCUT2D eigenvalue weighted by Gasteiger charge is 2.23. The van der Waals surface area contributed by atoms with Crippen LogP contribution in [0.4, 0.5) is 0 Å². The van der Waals surface area contributed by atoms with E-state index in [2.05, 4.69) is 51.3 Å². The number of para-hydroxylation sites is 1. The van der Waals surface area contributed by atoms with Crippen molar-refractivity contribution in [1.82, 2.24) is 0 Å². The Hall–Kier alpha value is -3.52. The summed E-state index contributed by atoms with van der Waals surface area (Å²) in [6.07, 6.45) is 5.13. The summed E-state index contributed by atoms with van der Waals surface area (Å²) < 4.78 is 11.7. The first-order valence-corrected chi connectivity index (χ1v) is 9.60. The fraction of sp³-hybridized carbons (Fsp3) is 0.111. The Morgan fingerprint density at radius 1 is 0.724 bits per heavy atom. The first kappa shape index (κ1) is 20.2. The maximum Gasteiger partial charge on any atom is 0.127 e. The lowest BCUT2D eigenvalue weighted by Gasteiger charge is -2.26. The molecule has 0 saturated heterocycles. The van der Waals surface area contributed by atoms with Crippen molar-refractivity contribution in [3.63, 3.8) is 0 Å². The Morgan fingerprint density at radius 2 is 1.24 bits per heavy atom. The fourth-order valence-electron chi connectivity index (χ4n) is 3.07. The SMILES string of the molecule is C=C/C=C(\C=C)Oc1ccc(C(C)(C)c2ccc(Oc3ccccc3)cc2)cc1. The Balaban J connectivity index is 1.75. The smallest absolute Gasteiger partial charge is 0.127 e. The summed E-state index contributed by atoms with van der Waals surface area (Å²) in [4.78, 5) is 0. The van der Waals surface area contributed by atoms with Crippen molar-refractivity contribution in [2.45, 2.75) is 19.3 Å². The minimum absolute atomic E-state index is 0.151. The van der Waals surface area contributed by atoms with E-state index in [0.717, 1.165) is 17.2 Å². The molecule has 0 aromatic heterocycles. The summed E-state index contributed by atoms with van der Waals surface area (Å²) in [5.74, 6) is 3.09. The largest absolute Gasteiger partial charge is 0.457 e. The summed E-state index contributed by atoms with van der Waals surface area (Å²) in [7, 11) is 0. The highest BCUT2D eigenvalue weighted by atomic mass is 16.5. The molecule has 3 aromatic rings. The molecule has 3 rings (SSSR count). The van der Waals surface area contributed by atoms with Gasteiger partial charge in [-0.1, -0.05) is 75.5 Å². The van der Waals surface area contributed by atoms with Crippen LogP contribution < -0.4 is 9.47 Å². The zero-order chi connectivity index (χ0) is 20.7. The van der Waals surface area contributed by atoms with Crippen LogP contribution in [0.3, 0.4) is 0 Å². The lowest BCUT2D eigenvalue weighted by molar-refractivity contribution is 0.444. The summed E-state index contributed by atoms with van der Waals surface area (Å²) in [5.41, 5.74) is 2.27. The normalized spacial score (nSPS) is 11.6. The zero-order valence-corrected chi connectivity index (χ0v) is 17.0. The van der Waals surface area contributed by atoms with E-state index in [1.54, 1.807) is 18.2 Å². The summed E-state index contributed by atoms with van der Waals surface area (Å²) in [5, 5.41) is 0. The van der Waals surface area contributed by atoms with Gasteiger partial charge >= 0.3 is 0 Å². The Morgan fingerprint density at radius 3 is 1.76 bits per heavy atom. The van der Waals surface area contributed by atoms with Gasteiger partial charge in [-0.05, 0) is 59.7 Å². The van der Waals surface area contributed by atoms with Gasteiger partial charge < -0.3 is 9.47 Å². The molecule has 0 bridgehead atoms. The second-order valence-corrected chi connectivity index (χ2v) is 7.20. The zero-order valence-electron chi connectivity index (χ0n) is 17.0. The first-order chi connectivity index (χ1) is 14.0. The van der Waals surface area contributed by atoms with E-state index >= 15 is 0 Å². The maximum atomic E-state index is 5.90. The monoisotopic (exact) mass is 382 g/mol. The third-order valence-electron chi connectivity index (χ3n) is 4.85. The molecule has 0 atom stereocenters. The third kappa shape index (κ3) is 5.05. The number of hydrogen-bond acceptors (Lipinski definition) is 2. The van der Waals surface area contributed by atoms with Gasteiger partial charge in [-0.15, -0.1) is 0 Å². The van der Waals surface area contributed by atoms with Crippen LogP contribution in [0.5, 0.6) is 17.2 Å². The Bertz CT molecular complexity index is 979. The van der Waals surface area contributed by atoms with E-state index in [9.17, 15) is 0 Å². The van der Waals surface area contributed by atoms with E-state index in [-0.39, 0.29) is 5.41 Å². The molecule has 3 aromatic carbocycles. The Kier molecular flexibility index (Phi) is 6.36. The molecule has 2 nitrogen and oxygen atoms in total. The van der Waals surface area contributed by atoms with Crippen molar-refractivity contribution in [3.8, 4) is 17.2 Å². The molecule has 0 N–H and O–H groups in total. The van der Waals surface area contributed by atoms with Gasteiger partial charge in [-0.25, -0.2) is 0 Å². The van der Waals surface area contributed by atoms with E-state index in [1.807, 2.05) is 54.6 Å². The van der Waals surface area contributed by atoms with E-state index in [4.69, 9.17) is 9.47 Å². The van der Waals surface area contributed by atoms with Gasteiger partial charge in [0.25, 0.3) is 0 Å². The molecule has 0 heterocycles. The van der Waals surface area contributed by atoms with Gasteiger partial charge in [0.1, 0.15) is 23.0 Å². The molecule has 0 spiro atoms. The van der Waals surface area contributed by atoms with Gasteiger partial charge in [0.2, 0.25) is 0 Å². The van der Waals surface area contributed by atoms with Crippen molar-refractivity contribution in [2.75, 3.05) is 0 Å². The first-order valence-electron chi connectivity index (χ1n) is 9.60. The molecule has 0 saturated carbocycles. The van der Waals surface area contributed by atoms with Gasteiger partial charge in [0, 0.05) is 5.41 Å². The molecule has 0 fully saturated rings. The predicted molar refractivity (Wildman–Crippen MR) is 121 cm³/mol. The minimum Gasteiger partial charge on any atom is -0.457 e. The van der Waals surface area contributed by atoms with Crippen molar-refractivity contribution in [3.05, 3.63) is 127 Å². The standard InChI is InChI=1S/C27H26O2/c1-5-10-23(6-2)28-25-17-13-21(14-18-25)27(3,4)22-15-19-26(20-16-22)29-24-11-8-7-9-12-24/h5-20H,1-2H2,3-4H3/b23-10+. The molecule has 29 heavy (non-hydrogen) atoms. The van der Waals surface area contributed by atoms with Crippen LogP contribution in [0.15, 0.2) is 116 Å². The molecule has 0 aliphatic carbocycles. The van der Waals surface area contributed by atoms with Gasteiger partial charge in [0.15, 0.2) is 0 Å². The van der Waals surface area contributed by atoms with Crippen LogP contribution in [0.2, 0.25) is 0 Å². The van der Waals surface area contributed by atoms with Gasteiger partial charge in [0.05, 0.1) is 0 Å². The van der Waals surface area contributed by atoms with E-state index in [1.165, 1.54) is 11.1 Å². The van der Waals surface area contributed by atoms with Crippen LogP contribution in [-0.4, -0.2) is 0 Å². The number of allylic oxidation sites excluding steroid dienone is 3.